The first kappa shape index (κ1) is 108. The van der Waals surface area contributed by atoms with E-state index in [0.717, 1.165) is 30.3 Å². The van der Waals surface area contributed by atoms with Crippen LogP contribution in [0.1, 0.15) is 228 Å². The third kappa shape index (κ3) is 28.5. The van der Waals surface area contributed by atoms with Crippen molar-refractivity contribution in [3.8, 4) is 5.75 Å². The fourth-order valence-electron chi connectivity index (χ4n) is 17.4. The van der Waals surface area contributed by atoms with E-state index in [0.29, 0.717) is 25.7 Å². The van der Waals surface area contributed by atoms with Crippen LogP contribution in [-0.2, 0) is 87.6 Å². The first-order valence-corrected chi connectivity index (χ1v) is 41.3. The number of carbonyl (C=O) groups is 13. The van der Waals surface area contributed by atoms with Gasteiger partial charge >= 0.3 is 89.9 Å². The minimum atomic E-state index is -2.94. The van der Waals surface area contributed by atoms with E-state index in [4.69, 9.17) is 53.4 Å². The molecule has 127 heavy (non-hydrogen) atoms. The minimum absolute atomic E-state index is 0. The van der Waals surface area contributed by atoms with E-state index in [-0.39, 0.29) is 160 Å². The molecule has 35 nitrogen and oxygen atoms in total. The molecule has 5 amide bonds. The number of esters is 5. The summed E-state index contributed by atoms with van der Waals surface area (Å²) in [6, 6.07) is 3.76. The van der Waals surface area contributed by atoms with Crippen molar-refractivity contribution in [1.82, 2.24) is 24.5 Å². The van der Waals surface area contributed by atoms with Gasteiger partial charge in [-0.1, -0.05) is 30.3 Å². The number of piperidine rings is 5. The Balaban J connectivity index is 0.000000268. The number of carbonyl (C=O) groups excluding carboxylic acids is 13. The second kappa shape index (κ2) is 44.0. The monoisotopic (exact) mass is 1830 g/mol. The number of benzene rings is 1. The summed E-state index contributed by atoms with van der Waals surface area (Å²) >= 11 is 0. The average Bonchev–Trinajstić information content (AvgIpc) is 1.58. The van der Waals surface area contributed by atoms with E-state index in [1.165, 1.54) is 38.1 Å². The molecule has 2 aromatic rings. The summed E-state index contributed by atoms with van der Waals surface area (Å²) < 4.78 is 143. The predicted molar refractivity (Wildman–Crippen MR) is 428 cm³/mol. The molecule has 10 bridgehead atoms. The van der Waals surface area contributed by atoms with Crippen LogP contribution in [0.4, 0.5) is 50.3 Å². The van der Waals surface area contributed by atoms with Crippen LogP contribution in [0.3, 0.4) is 0 Å². The van der Waals surface area contributed by atoms with E-state index in [2.05, 4.69) is 23.8 Å². The smallest absolute Gasteiger partial charge is 0.662 e. The summed E-state index contributed by atoms with van der Waals surface area (Å²) in [5.41, 5.74) is 2.07. The number of hydrogen-bond acceptors (Lipinski definition) is 30. The van der Waals surface area contributed by atoms with Crippen LogP contribution in [0.2, 0.25) is 0 Å². The molecule has 5 saturated carbocycles. The molecule has 0 radical (unpaired) electrons. The van der Waals surface area contributed by atoms with Crippen LogP contribution < -0.4 is 50.7 Å². The zero-order valence-corrected chi connectivity index (χ0v) is 78.1. The minimum Gasteiger partial charge on any atom is -0.662 e. The number of rotatable bonds is 15. The van der Waals surface area contributed by atoms with Crippen molar-refractivity contribution in [2.75, 3.05) is 41.6 Å². The van der Waals surface area contributed by atoms with Gasteiger partial charge in [0.1, 0.15) is 58.3 Å². The zero-order chi connectivity index (χ0) is 95.4. The number of alkyl halides is 6. The second-order valence-corrected chi connectivity index (χ2v) is 37.0. The number of nitrogens with zero attached hydrogens (tertiary/aromatic N) is 5. The summed E-state index contributed by atoms with van der Waals surface area (Å²) in [4.78, 5) is 173. The van der Waals surface area contributed by atoms with Gasteiger partial charge in [-0.3, -0.25) is 38.5 Å². The van der Waals surface area contributed by atoms with E-state index in [1.54, 1.807) is 99.8 Å². The number of aliphatic hydroxyl groups is 1. The SMILES string of the molecule is CC(C)(C)OC(=O)N1C2CC([C@@H]1CN)C(F)(F)C2.CCOC(=O)c1coc(C(C)=O)c(OCc2ccccc2)c1=O.COC(=O)C[C@H]1C2CC(CC2(F)F)N1C(=O)OC(C)(C)C.COC(=O)C[C@H]1C2CC(CC2=O)N1C(=O)OC(C)(C)C.COC(=O)C[C@H]1C2CC(CC2O)N1C(=O)OC(C)(C)C.COC(=O)[C@H]1C2CC(CC2(F)F)N1C(=O)OC(C)(C)C.O=CO[O-].[Na+]. The van der Waals surface area contributed by atoms with E-state index >= 15 is 0 Å². The van der Waals surface area contributed by atoms with Gasteiger partial charge in [0, 0.05) is 93.0 Å². The van der Waals surface area contributed by atoms with Crippen molar-refractivity contribution in [2.45, 2.75) is 320 Å². The van der Waals surface area contributed by atoms with Crippen LogP contribution in [0.5, 0.6) is 5.75 Å². The van der Waals surface area contributed by atoms with Crippen molar-refractivity contribution in [1.29, 1.82) is 0 Å². The van der Waals surface area contributed by atoms with Gasteiger partial charge in [0.25, 0.3) is 24.2 Å². The fraction of sp³-hybridized carbons (Fsp3) is 0.718. The molecule has 3 N–H and O–H groups in total. The zero-order valence-electron chi connectivity index (χ0n) is 76.1. The Morgan fingerprint density at radius 1 is 0.535 bits per heavy atom. The van der Waals surface area contributed by atoms with E-state index in [9.17, 15) is 93.8 Å². The van der Waals surface area contributed by atoms with Gasteiger partial charge < -0.3 is 97.1 Å². The van der Waals surface area contributed by atoms with Crippen molar-refractivity contribution >= 4 is 78.4 Å². The molecule has 42 heteroatoms. The summed E-state index contributed by atoms with van der Waals surface area (Å²) in [5.74, 6) is -15.7. The largest absolute Gasteiger partial charge is 1.00 e. The summed E-state index contributed by atoms with van der Waals surface area (Å²) in [5, 5.41) is 18.4. The van der Waals surface area contributed by atoms with Crippen LogP contribution in [0.15, 0.2) is 45.8 Å². The van der Waals surface area contributed by atoms with Gasteiger partial charge in [-0.2, -0.15) is 0 Å². The number of likely N-dealkylation sites (tertiary alicyclic amines) is 5. The molecular weight excluding hydrogens is 1710 g/mol. The fourth-order valence-corrected chi connectivity index (χ4v) is 17.4. The molecule has 10 aliphatic rings. The van der Waals surface area contributed by atoms with Crippen molar-refractivity contribution in [2.24, 2.45) is 35.3 Å². The Morgan fingerprint density at radius 3 is 1.33 bits per heavy atom. The molecule has 5 aliphatic heterocycles. The number of fused-ring (bicyclic) bond motifs is 10. The molecule has 10 fully saturated rings. The number of amides is 5. The van der Waals surface area contributed by atoms with Crippen molar-refractivity contribution < 1.29 is 190 Å². The number of hydrogen-bond donors (Lipinski definition) is 2. The summed E-state index contributed by atoms with van der Waals surface area (Å²) in [6.45, 7) is 29.2. The normalized spacial score (nSPS) is 26.4. The molecule has 1 aromatic heterocycles. The Bertz CT molecular complexity index is 4260. The third-order valence-corrected chi connectivity index (χ3v) is 22.2. The second-order valence-electron chi connectivity index (χ2n) is 37.0. The Labute approximate surface area is 755 Å². The maximum absolute atomic E-state index is 13.9. The first-order valence-electron chi connectivity index (χ1n) is 41.3. The number of ether oxygens (including phenoxy) is 11. The molecule has 0 spiro atoms. The van der Waals surface area contributed by atoms with E-state index in [1.807, 2.05) is 51.1 Å². The van der Waals surface area contributed by atoms with Gasteiger partial charge in [0.15, 0.2) is 5.78 Å². The quantitative estimate of drug-likeness (QED) is 0.0253. The van der Waals surface area contributed by atoms with Gasteiger partial charge in [-0.05, 0) is 155 Å². The molecule has 5 saturated heterocycles. The molecule has 708 valence electrons. The predicted octanol–water partition coefficient (Wildman–Crippen LogP) is 7.62. The number of aliphatic hydroxyl groups excluding tert-OH is 1. The van der Waals surface area contributed by atoms with Gasteiger partial charge in [0.2, 0.25) is 16.9 Å². The van der Waals surface area contributed by atoms with Crippen LogP contribution in [0.25, 0.3) is 0 Å². The van der Waals surface area contributed by atoms with Crippen LogP contribution >= 0.6 is 0 Å². The van der Waals surface area contributed by atoms with Gasteiger partial charge in [-0.15, -0.1) is 0 Å². The number of nitrogens with two attached hydrogens (primary N) is 1. The molecule has 16 atom stereocenters. The molecule has 6 heterocycles. The summed E-state index contributed by atoms with van der Waals surface area (Å²) in [7, 11) is 4.95. The number of halogens is 6. The molecule has 1 aromatic carbocycles. The van der Waals surface area contributed by atoms with E-state index < -0.39 is 184 Å². The van der Waals surface area contributed by atoms with Crippen LogP contribution in [0, 0.1) is 29.6 Å². The maximum Gasteiger partial charge on any atom is 1.00 e. The molecule has 12 rings (SSSR count). The number of ketones is 2. The van der Waals surface area contributed by atoms with Crippen molar-refractivity contribution in [3.63, 3.8) is 0 Å². The van der Waals surface area contributed by atoms with Crippen LogP contribution in [-0.4, -0.2) is 262 Å². The molecule has 5 aliphatic carbocycles. The Kier molecular flexibility index (Phi) is 37.6. The Morgan fingerprint density at radius 2 is 0.921 bits per heavy atom. The van der Waals surface area contributed by atoms with Crippen molar-refractivity contribution in [3.05, 3.63) is 63.7 Å². The third-order valence-electron chi connectivity index (χ3n) is 22.2. The van der Waals surface area contributed by atoms with Gasteiger partial charge in [-0.25, -0.2) is 59.9 Å². The average molecular weight is 1830 g/mol. The maximum atomic E-state index is 13.9. The topological polar surface area (TPSA) is 448 Å². The Hall–Kier alpha value is -9.06. The molecular formula is C85H121F6N6NaO29. The molecule has 11 unspecified atom stereocenters. The summed E-state index contributed by atoms with van der Waals surface area (Å²) in [6.07, 6.45) is -0.539. The first-order chi connectivity index (χ1) is 58.2. The number of methoxy groups -OCH3 is 4. The standard InChI is InChI=1S/C17H16O6.C14H21F2NO4.C14H23NO5.C14H21NO5.C13H19F2NO4.C12H20F2N2O2.CH2O3.Na/c1-3-21-17(20)13-10-23-15(11(2)18)16(14(13)19)22-9-12-7-5-4-6-8-12;1-13(2,3)21-12(19)17-8-5-9(14(15,16)7-8)10(17)6-11(18)20-4;2*1-14(2,3)20-13(18)15-8-5-9(11(16)6-8)10(15)7-12(17)19-4;1-12(2,3)20-11(18)16-7-5-8(13(14,15)6-7)9(16)10(17)19-4;1-11(2,3)18-10(17)16-7-4-8(9(16)6-15)12(13,14)5-7;2-1-4-3;/h4-8,10H,3,9H2,1-2H3;8-10H,5-7H2,1-4H3;8-11,16H,5-7H2,1-4H3;8-10H,5-7H2,1-4H3;7-9H,5-6H2,1-4H3;7-9H,4-6,15H2,1-3H3;1,3H;/q;;;;;;;+1/p-1/t;8?,9?,10-;8?,9?,10-,11?;8?,9?,10-;2*7?,8?,9-;;/m.00010../s1. The number of Topliss-reactive ketones (excluding diaryl/α,β-unsaturated/α-hetero) is 2. The van der Waals surface area contributed by atoms with Gasteiger partial charge in [0.05, 0.1) is 90.5 Å².